The zero-order valence-corrected chi connectivity index (χ0v) is 11.8. The topological polar surface area (TPSA) is 83.8 Å². The second-order valence-corrected chi connectivity index (χ2v) is 4.54. The lowest BCUT2D eigenvalue weighted by Gasteiger charge is -2.16. The number of rotatable bonds is 6. The van der Waals surface area contributed by atoms with Gasteiger partial charge in [-0.1, -0.05) is 19.1 Å². The van der Waals surface area contributed by atoms with Gasteiger partial charge >= 0.3 is 11.9 Å². The number of carboxylic acids is 2. The second kappa shape index (κ2) is 6.94. The summed E-state index contributed by atoms with van der Waals surface area (Å²) in [5, 5.41) is 17.6. The first-order chi connectivity index (χ1) is 8.95. The van der Waals surface area contributed by atoms with E-state index in [1.807, 2.05) is 0 Å². The first-order valence-electron chi connectivity index (χ1n) is 5.54. The summed E-state index contributed by atoms with van der Waals surface area (Å²) < 4.78 is 6.00. The predicted molar refractivity (Wildman–Crippen MR) is 73.2 cm³/mol. The summed E-state index contributed by atoms with van der Waals surface area (Å²) in [7, 11) is 0. The van der Waals surface area contributed by atoms with E-state index in [1.165, 1.54) is 6.08 Å². The molecule has 1 aromatic rings. The standard InChI is InChI=1S/C13H13BrO5/c1-2-10(13(17)18)19-12-8(6-7-11(15)16)4-3-5-9(12)14/h3-7,10H,2H2,1H3,(H,15,16)(H,17,18). The third-order valence-corrected chi connectivity index (χ3v) is 2.93. The van der Waals surface area contributed by atoms with Gasteiger partial charge in [-0.25, -0.2) is 9.59 Å². The molecule has 1 atom stereocenters. The van der Waals surface area contributed by atoms with Crippen LogP contribution in [0.1, 0.15) is 18.9 Å². The van der Waals surface area contributed by atoms with Crippen molar-refractivity contribution in [1.29, 1.82) is 0 Å². The minimum Gasteiger partial charge on any atom is -0.479 e. The fourth-order valence-electron chi connectivity index (χ4n) is 1.39. The van der Waals surface area contributed by atoms with Crippen molar-refractivity contribution in [3.05, 3.63) is 34.3 Å². The van der Waals surface area contributed by atoms with Gasteiger partial charge in [0.05, 0.1) is 4.47 Å². The van der Waals surface area contributed by atoms with E-state index in [0.29, 0.717) is 22.2 Å². The van der Waals surface area contributed by atoms with Gasteiger partial charge in [-0.3, -0.25) is 0 Å². The van der Waals surface area contributed by atoms with Crippen molar-refractivity contribution in [1.82, 2.24) is 0 Å². The molecular formula is C13H13BrO5. The maximum Gasteiger partial charge on any atom is 0.344 e. The molecule has 0 aliphatic rings. The fraction of sp³-hybridized carbons (Fsp3) is 0.231. The highest BCUT2D eigenvalue weighted by molar-refractivity contribution is 9.10. The van der Waals surface area contributed by atoms with Crippen LogP contribution in [0.3, 0.4) is 0 Å². The van der Waals surface area contributed by atoms with Crippen molar-refractivity contribution in [3.8, 4) is 5.75 Å². The number of carbonyl (C=O) groups is 2. The maximum absolute atomic E-state index is 11.0. The summed E-state index contributed by atoms with van der Waals surface area (Å²) in [5.41, 5.74) is 0.497. The lowest BCUT2D eigenvalue weighted by Crippen LogP contribution is -2.26. The number of para-hydroxylation sites is 1. The summed E-state index contributed by atoms with van der Waals surface area (Å²) in [6.45, 7) is 1.70. The third kappa shape index (κ3) is 4.40. The van der Waals surface area contributed by atoms with E-state index in [4.69, 9.17) is 14.9 Å². The molecule has 0 heterocycles. The molecule has 0 fully saturated rings. The third-order valence-electron chi connectivity index (χ3n) is 2.31. The summed E-state index contributed by atoms with van der Waals surface area (Å²) >= 11 is 3.26. The van der Waals surface area contributed by atoms with Gasteiger partial charge in [-0.2, -0.15) is 0 Å². The quantitative estimate of drug-likeness (QED) is 0.784. The zero-order chi connectivity index (χ0) is 14.4. The van der Waals surface area contributed by atoms with Crippen molar-refractivity contribution in [2.45, 2.75) is 19.4 Å². The van der Waals surface area contributed by atoms with E-state index in [2.05, 4.69) is 15.9 Å². The Morgan fingerprint density at radius 3 is 2.63 bits per heavy atom. The molecule has 0 aliphatic carbocycles. The Morgan fingerprint density at radius 2 is 2.11 bits per heavy atom. The Bertz CT molecular complexity index is 510. The average Bonchev–Trinajstić information content (AvgIpc) is 2.34. The minimum absolute atomic E-state index is 0.304. The molecule has 1 aromatic carbocycles. The smallest absolute Gasteiger partial charge is 0.344 e. The van der Waals surface area contributed by atoms with E-state index in [-0.39, 0.29) is 0 Å². The van der Waals surface area contributed by atoms with E-state index >= 15 is 0 Å². The van der Waals surface area contributed by atoms with E-state index in [9.17, 15) is 9.59 Å². The molecule has 0 saturated heterocycles. The molecule has 0 radical (unpaired) electrons. The van der Waals surface area contributed by atoms with Crippen molar-refractivity contribution in [2.75, 3.05) is 0 Å². The molecule has 1 rings (SSSR count). The van der Waals surface area contributed by atoms with E-state index < -0.39 is 18.0 Å². The van der Waals surface area contributed by atoms with Gasteiger partial charge in [0.15, 0.2) is 6.10 Å². The lowest BCUT2D eigenvalue weighted by atomic mass is 10.1. The van der Waals surface area contributed by atoms with Gasteiger partial charge < -0.3 is 14.9 Å². The maximum atomic E-state index is 11.0. The molecule has 5 nitrogen and oxygen atoms in total. The summed E-state index contributed by atoms with van der Waals surface area (Å²) in [5.74, 6) is -1.84. The zero-order valence-electron chi connectivity index (χ0n) is 10.2. The van der Waals surface area contributed by atoms with Crippen molar-refractivity contribution < 1.29 is 24.5 Å². The largest absolute Gasteiger partial charge is 0.479 e. The first kappa shape index (κ1) is 15.2. The van der Waals surface area contributed by atoms with Gasteiger partial charge in [-0.05, 0) is 34.5 Å². The van der Waals surface area contributed by atoms with Crippen molar-refractivity contribution in [2.24, 2.45) is 0 Å². The Morgan fingerprint density at radius 1 is 1.42 bits per heavy atom. The number of aliphatic carboxylic acids is 2. The highest BCUT2D eigenvalue weighted by Gasteiger charge is 2.19. The molecular weight excluding hydrogens is 316 g/mol. The van der Waals surface area contributed by atoms with E-state index in [0.717, 1.165) is 6.08 Å². The highest BCUT2D eigenvalue weighted by atomic mass is 79.9. The van der Waals surface area contributed by atoms with Crippen LogP contribution in [0.5, 0.6) is 5.75 Å². The normalized spacial score (nSPS) is 12.3. The summed E-state index contributed by atoms with van der Waals surface area (Å²) in [6.07, 6.45) is 1.65. The van der Waals surface area contributed by atoms with Gasteiger partial charge in [0.2, 0.25) is 0 Å². The minimum atomic E-state index is -1.09. The molecule has 19 heavy (non-hydrogen) atoms. The summed E-state index contributed by atoms with van der Waals surface area (Å²) in [6, 6.07) is 5.05. The SMILES string of the molecule is CCC(Oc1c(Br)cccc1C=CC(=O)O)C(=O)O. The van der Waals surface area contributed by atoms with Crippen LogP contribution in [0.2, 0.25) is 0 Å². The van der Waals surface area contributed by atoms with Gasteiger partial charge in [0.25, 0.3) is 0 Å². The Labute approximate surface area is 118 Å². The van der Waals surface area contributed by atoms with Gasteiger partial charge in [0.1, 0.15) is 5.75 Å². The Hall–Kier alpha value is -1.82. The average molecular weight is 329 g/mol. The molecule has 0 saturated carbocycles. The Balaban J connectivity index is 3.10. The first-order valence-corrected chi connectivity index (χ1v) is 6.34. The van der Waals surface area contributed by atoms with Crippen LogP contribution in [-0.4, -0.2) is 28.3 Å². The number of benzene rings is 1. The predicted octanol–water partition coefficient (Wildman–Crippen LogP) is 2.79. The van der Waals surface area contributed by atoms with Gasteiger partial charge in [0, 0.05) is 11.6 Å². The number of ether oxygens (including phenoxy) is 1. The molecule has 6 heteroatoms. The number of halogens is 1. The second-order valence-electron chi connectivity index (χ2n) is 3.68. The number of carboxylic acid groups (broad SMARTS) is 2. The van der Waals surface area contributed by atoms with Crippen molar-refractivity contribution >= 4 is 33.9 Å². The fourth-order valence-corrected chi connectivity index (χ4v) is 1.87. The molecule has 2 N–H and O–H groups in total. The molecule has 0 bridgehead atoms. The number of hydrogen-bond acceptors (Lipinski definition) is 3. The van der Waals surface area contributed by atoms with E-state index in [1.54, 1.807) is 25.1 Å². The summed E-state index contributed by atoms with van der Waals surface area (Å²) in [4.78, 5) is 21.5. The van der Waals surface area contributed by atoms with Gasteiger partial charge in [-0.15, -0.1) is 0 Å². The van der Waals surface area contributed by atoms with Crippen LogP contribution >= 0.6 is 15.9 Å². The molecule has 1 unspecified atom stereocenters. The van der Waals surface area contributed by atoms with Crippen LogP contribution in [-0.2, 0) is 9.59 Å². The highest BCUT2D eigenvalue weighted by Crippen LogP contribution is 2.31. The monoisotopic (exact) mass is 328 g/mol. The number of hydrogen-bond donors (Lipinski definition) is 2. The molecule has 0 aromatic heterocycles. The van der Waals surface area contributed by atoms with Crippen LogP contribution in [0.4, 0.5) is 0 Å². The molecule has 0 amide bonds. The molecule has 0 spiro atoms. The van der Waals surface area contributed by atoms with Crippen LogP contribution in [0.25, 0.3) is 6.08 Å². The van der Waals surface area contributed by atoms with Crippen molar-refractivity contribution in [3.63, 3.8) is 0 Å². The Kier molecular flexibility index (Phi) is 5.57. The van der Waals surface area contributed by atoms with Crippen LogP contribution in [0, 0.1) is 0 Å². The van der Waals surface area contributed by atoms with Crippen LogP contribution in [0.15, 0.2) is 28.7 Å². The molecule has 102 valence electrons. The molecule has 0 aliphatic heterocycles. The van der Waals surface area contributed by atoms with Crippen LogP contribution < -0.4 is 4.74 Å². The lowest BCUT2D eigenvalue weighted by molar-refractivity contribution is -0.145.